The summed E-state index contributed by atoms with van der Waals surface area (Å²) in [7, 11) is 0. The number of aliphatic carboxylic acids is 1. The lowest BCUT2D eigenvalue weighted by molar-refractivity contribution is -0.142. The standard InChI is InChI=1S/C9H16N2O3/c10-9(8(12)13)2-3-11(6-9)7-1-4-14-5-7/h7H,1-6,10H2,(H,12,13). The number of rotatable bonds is 2. The molecule has 0 bridgehead atoms. The topological polar surface area (TPSA) is 75.8 Å². The van der Waals surface area contributed by atoms with E-state index in [1.54, 1.807) is 0 Å². The number of hydrogen-bond donors (Lipinski definition) is 2. The highest BCUT2D eigenvalue weighted by Gasteiger charge is 2.43. The Morgan fingerprint density at radius 3 is 2.93 bits per heavy atom. The molecule has 2 heterocycles. The molecule has 0 saturated carbocycles. The van der Waals surface area contributed by atoms with E-state index in [-0.39, 0.29) is 0 Å². The summed E-state index contributed by atoms with van der Waals surface area (Å²) >= 11 is 0. The molecule has 5 heteroatoms. The third kappa shape index (κ3) is 1.63. The molecule has 2 aliphatic heterocycles. The third-order valence-corrected chi connectivity index (χ3v) is 3.18. The summed E-state index contributed by atoms with van der Waals surface area (Å²) in [5.74, 6) is -0.890. The number of nitrogens with zero attached hydrogens (tertiary/aromatic N) is 1. The van der Waals surface area contributed by atoms with E-state index in [1.165, 1.54) is 0 Å². The molecule has 0 amide bonds. The van der Waals surface area contributed by atoms with E-state index in [4.69, 9.17) is 15.6 Å². The molecule has 0 aromatic heterocycles. The Morgan fingerprint density at radius 2 is 2.43 bits per heavy atom. The number of carboxylic acids is 1. The van der Waals surface area contributed by atoms with Crippen molar-refractivity contribution in [3.05, 3.63) is 0 Å². The van der Waals surface area contributed by atoms with Crippen LogP contribution in [-0.4, -0.2) is 53.9 Å². The van der Waals surface area contributed by atoms with Crippen molar-refractivity contribution in [1.82, 2.24) is 4.90 Å². The summed E-state index contributed by atoms with van der Waals surface area (Å²) < 4.78 is 5.27. The van der Waals surface area contributed by atoms with Crippen LogP contribution < -0.4 is 5.73 Å². The van der Waals surface area contributed by atoms with Crippen molar-refractivity contribution in [3.63, 3.8) is 0 Å². The second kappa shape index (κ2) is 3.49. The Morgan fingerprint density at radius 1 is 1.64 bits per heavy atom. The molecule has 2 aliphatic rings. The van der Waals surface area contributed by atoms with Gasteiger partial charge in [-0.25, -0.2) is 0 Å². The molecular weight excluding hydrogens is 184 g/mol. The maximum Gasteiger partial charge on any atom is 0.325 e. The quantitative estimate of drug-likeness (QED) is 0.614. The van der Waals surface area contributed by atoms with Gasteiger partial charge in [0.1, 0.15) is 5.54 Å². The first-order chi connectivity index (χ1) is 6.62. The van der Waals surface area contributed by atoms with Gasteiger partial charge < -0.3 is 15.6 Å². The van der Waals surface area contributed by atoms with Crippen LogP contribution in [0.15, 0.2) is 0 Å². The van der Waals surface area contributed by atoms with Crippen molar-refractivity contribution < 1.29 is 14.6 Å². The second-order valence-electron chi connectivity index (χ2n) is 4.20. The Labute approximate surface area is 82.8 Å². The first-order valence-electron chi connectivity index (χ1n) is 4.96. The fraction of sp³-hybridized carbons (Fsp3) is 0.889. The van der Waals surface area contributed by atoms with Crippen LogP contribution >= 0.6 is 0 Å². The zero-order valence-electron chi connectivity index (χ0n) is 8.11. The summed E-state index contributed by atoms with van der Waals surface area (Å²) in [6.07, 6.45) is 1.54. The van der Waals surface area contributed by atoms with Gasteiger partial charge in [0.15, 0.2) is 0 Å². The van der Waals surface area contributed by atoms with E-state index < -0.39 is 11.5 Å². The molecule has 3 N–H and O–H groups in total. The molecule has 2 atom stereocenters. The number of carboxylic acid groups (broad SMARTS) is 1. The minimum absolute atomic E-state index is 0.375. The molecular formula is C9H16N2O3. The summed E-state index contributed by atoms with van der Waals surface area (Å²) in [5, 5.41) is 8.95. The van der Waals surface area contributed by atoms with Gasteiger partial charge in [0.05, 0.1) is 6.61 Å². The van der Waals surface area contributed by atoms with E-state index in [2.05, 4.69) is 4.90 Å². The number of nitrogens with two attached hydrogens (primary N) is 1. The normalized spacial score (nSPS) is 39.1. The monoisotopic (exact) mass is 200 g/mol. The van der Waals surface area contributed by atoms with Crippen LogP contribution in [-0.2, 0) is 9.53 Å². The van der Waals surface area contributed by atoms with Crippen LogP contribution in [0.2, 0.25) is 0 Å². The highest BCUT2D eigenvalue weighted by Crippen LogP contribution is 2.24. The third-order valence-electron chi connectivity index (χ3n) is 3.18. The first-order valence-corrected chi connectivity index (χ1v) is 4.96. The van der Waals surface area contributed by atoms with Crippen molar-refractivity contribution in [1.29, 1.82) is 0 Å². The zero-order valence-corrected chi connectivity index (χ0v) is 8.11. The van der Waals surface area contributed by atoms with E-state index in [0.717, 1.165) is 26.2 Å². The van der Waals surface area contributed by atoms with Gasteiger partial charge in [-0.1, -0.05) is 0 Å². The molecule has 0 aromatic rings. The van der Waals surface area contributed by atoms with Crippen LogP contribution in [0.4, 0.5) is 0 Å². The predicted molar refractivity (Wildman–Crippen MR) is 50.0 cm³/mol. The Balaban J connectivity index is 1.96. The predicted octanol–water partition coefficient (Wildman–Crippen LogP) is -0.737. The minimum atomic E-state index is -1.04. The molecule has 2 unspecified atom stereocenters. The smallest absolute Gasteiger partial charge is 0.325 e. The zero-order chi connectivity index (χ0) is 10.2. The van der Waals surface area contributed by atoms with Crippen molar-refractivity contribution >= 4 is 5.97 Å². The minimum Gasteiger partial charge on any atom is -0.480 e. The molecule has 14 heavy (non-hydrogen) atoms. The van der Waals surface area contributed by atoms with Crippen LogP contribution in [0.5, 0.6) is 0 Å². The van der Waals surface area contributed by atoms with E-state index in [9.17, 15) is 4.79 Å². The van der Waals surface area contributed by atoms with E-state index >= 15 is 0 Å². The summed E-state index contributed by atoms with van der Waals surface area (Å²) in [5.41, 5.74) is 4.74. The van der Waals surface area contributed by atoms with Gasteiger partial charge in [-0.05, 0) is 12.8 Å². The average Bonchev–Trinajstić information content (AvgIpc) is 2.72. The van der Waals surface area contributed by atoms with Gasteiger partial charge >= 0.3 is 5.97 Å². The molecule has 0 radical (unpaired) electrons. The maximum absolute atomic E-state index is 10.9. The van der Waals surface area contributed by atoms with Gasteiger partial charge in [-0.15, -0.1) is 0 Å². The Hall–Kier alpha value is -0.650. The van der Waals surface area contributed by atoms with Crippen molar-refractivity contribution in [3.8, 4) is 0 Å². The van der Waals surface area contributed by atoms with Crippen LogP contribution in [0.3, 0.4) is 0 Å². The summed E-state index contributed by atoms with van der Waals surface area (Å²) in [4.78, 5) is 13.0. The van der Waals surface area contributed by atoms with Crippen molar-refractivity contribution in [2.75, 3.05) is 26.3 Å². The lowest BCUT2D eigenvalue weighted by atomic mass is 10.0. The largest absolute Gasteiger partial charge is 0.480 e. The highest BCUT2D eigenvalue weighted by atomic mass is 16.5. The molecule has 0 spiro atoms. The van der Waals surface area contributed by atoms with Crippen molar-refractivity contribution in [2.45, 2.75) is 24.4 Å². The fourth-order valence-corrected chi connectivity index (χ4v) is 2.16. The Kier molecular flexibility index (Phi) is 2.47. The van der Waals surface area contributed by atoms with Gasteiger partial charge in [-0.2, -0.15) is 0 Å². The Bertz CT molecular complexity index is 240. The van der Waals surface area contributed by atoms with Gasteiger partial charge in [0.2, 0.25) is 0 Å². The number of ether oxygens (including phenoxy) is 1. The highest BCUT2D eigenvalue weighted by molar-refractivity contribution is 5.79. The SMILES string of the molecule is NC1(C(=O)O)CCN(C2CCOC2)C1. The molecule has 5 nitrogen and oxygen atoms in total. The fourth-order valence-electron chi connectivity index (χ4n) is 2.16. The molecule has 2 fully saturated rings. The van der Waals surface area contributed by atoms with Gasteiger partial charge in [0, 0.05) is 25.7 Å². The van der Waals surface area contributed by atoms with Crippen LogP contribution in [0.1, 0.15) is 12.8 Å². The lowest BCUT2D eigenvalue weighted by Gasteiger charge is -2.24. The second-order valence-corrected chi connectivity index (χ2v) is 4.20. The number of hydrogen-bond acceptors (Lipinski definition) is 4. The number of carbonyl (C=O) groups is 1. The first kappa shape index (κ1) is 9.89. The van der Waals surface area contributed by atoms with Crippen LogP contribution in [0, 0.1) is 0 Å². The van der Waals surface area contributed by atoms with Crippen molar-refractivity contribution in [2.24, 2.45) is 5.73 Å². The molecule has 2 saturated heterocycles. The summed E-state index contributed by atoms with van der Waals surface area (Å²) in [6.45, 7) is 2.73. The number of likely N-dealkylation sites (tertiary alicyclic amines) is 1. The molecule has 0 aliphatic carbocycles. The molecule has 2 rings (SSSR count). The van der Waals surface area contributed by atoms with Crippen LogP contribution in [0.25, 0.3) is 0 Å². The van der Waals surface area contributed by atoms with Gasteiger partial charge in [0.25, 0.3) is 0 Å². The lowest BCUT2D eigenvalue weighted by Crippen LogP contribution is -2.51. The summed E-state index contributed by atoms with van der Waals surface area (Å²) in [6, 6.07) is 0.375. The molecule has 0 aromatic carbocycles. The van der Waals surface area contributed by atoms with E-state index in [0.29, 0.717) is 19.0 Å². The van der Waals surface area contributed by atoms with E-state index in [1.807, 2.05) is 0 Å². The maximum atomic E-state index is 10.9. The van der Waals surface area contributed by atoms with Gasteiger partial charge in [-0.3, -0.25) is 9.69 Å². The average molecular weight is 200 g/mol. The molecule has 80 valence electrons.